The first-order valence-corrected chi connectivity index (χ1v) is 16.8. The molecule has 1 atom stereocenters. The number of pyridine rings is 1. The monoisotopic (exact) mass is 671 g/mol. The number of halogens is 2. The van der Waals surface area contributed by atoms with Gasteiger partial charge in [0.2, 0.25) is 5.92 Å². The number of nitrogens with one attached hydrogen (secondary N) is 1. The molecule has 47 heavy (non-hydrogen) atoms. The highest BCUT2D eigenvalue weighted by molar-refractivity contribution is 7.93. The van der Waals surface area contributed by atoms with E-state index in [-0.39, 0.29) is 54.3 Å². The second-order valence-electron chi connectivity index (χ2n) is 11.5. The van der Waals surface area contributed by atoms with E-state index in [4.69, 9.17) is 14.6 Å². The molecule has 2 aliphatic heterocycles. The minimum atomic E-state index is -3.31. The molecule has 12 nitrogen and oxygen atoms in total. The number of rotatable bonds is 7. The molecule has 0 bridgehead atoms. The number of carbonyl (C=O) groups is 3. The van der Waals surface area contributed by atoms with Crippen LogP contribution in [-0.2, 0) is 14.5 Å². The van der Waals surface area contributed by atoms with Crippen LogP contribution in [0.1, 0.15) is 35.2 Å². The van der Waals surface area contributed by atoms with Crippen LogP contribution in [0.5, 0.6) is 11.5 Å². The molecule has 0 spiro atoms. The average Bonchev–Trinajstić information content (AvgIpc) is 3.20. The molecule has 5 rings (SSSR count). The number of amides is 3. The lowest BCUT2D eigenvalue weighted by Gasteiger charge is -2.26. The number of fused-ring (bicyclic) bond motifs is 1. The third kappa shape index (κ3) is 7.79. The maximum atomic E-state index is 14.3. The van der Waals surface area contributed by atoms with Gasteiger partial charge in [-0.1, -0.05) is 12.1 Å². The molecule has 2 aliphatic rings. The van der Waals surface area contributed by atoms with Crippen molar-refractivity contribution in [2.45, 2.75) is 37.0 Å². The van der Waals surface area contributed by atoms with Gasteiger partial charge in [-0.2, -0.15) is 4.36 Å². The Balaban J connectivity index is 1.50. The second kappa shape index (κ2) is 13.5. The van der Waals surface area contributed by atoms with E-state index in [1.165, 1.54) is 31.5 Å². The fraction of sp³-hybridized carbons (Fsp3) is 0.375. The van der Waals surface area contributed by atoms with E-state index in [0.29, 0.717) is 35.8 Å². The van der Waals surface area contributed by atoms with E-state index in [1.807, 2.05) is 6.07 Å². The zero-order chi connectivity index (χ0) is 33.9. The molecular formula is C32H35F2N5O7S. The highest BCUT2D eigenvalue weighted by Gasteiger charge is 2.34. The summed E-state index contributed by atoms with van der Waals surface area (Å²) in [6.45, 7) is 2.29. The summed E-state index contributed by atoms with van der Waals surface area (Å²) in [5, 5.41) is 11.8. The van der Waals surface area contributed by atoms with Crippen LogP contribution in [0.15, 0.2) is 57.9 Å². The Bertz CT molecular complexity index is 1840. The number of aromatic nitrogens is 1. The highest BCUT2D eigenvalue weighted by atomic mass is 32.2. The second-order valence-corrected chi connectivity index (χ2v) is 13.7. The molecule has 3 heterocycles. The Kier molecular flexibility index (Phi) is 9.65. The summed E-state index contributed by atoms with van der Waals surface area (Å²) < 4.78 is 57.1. The first kappa shape index (κ1) is 33.6. The number of hydrogen-bond donors (Lipinski definition) is 2. The van der Waals surface area contributed by atoms with E-state index >= 15 is 0 Å². The summed E-state index contributed by atoms with van der Waals surface area (Å²) in [6, 6.07) is 11.4. The van der Waals surface area contributed by atoms with Crippen molar-refractivity contribution >= 4 is 39.1 Å². The molecule has 1 saturated heterocycles. The van der Waals surface area contributed by atoms with Crippen LogP contribution in [0, 0.1) is 6.92 Å². The standard InChI is InChI=1S/C32H35F2N5O7S/c1-20-24(21-8-9-25-26(16-21)46-15-14-45-25)18-35-29(39-12-5-10-32(33,34)11-13-39)28(20)30(41)36-22-6-4-7-23(17-22)47(3,44)37-27(40)19-38(2)31(42)43/h4,6-9,16-18H,5,10-15,19H2,1-3H3,(H,36,41)(H,42,43). The number of carboxylic acid groups (broad SMARTS) is 1. The summed E-state index contributed by atoms with van der Waals surface area (Å²) in [5.74, 6) is -2.87. The van der Waals surface area contributed by atoms with Crippen LogP contribution in [0.25, 0.3) is 11.1 Å². The van der Waals surface area contributed by atoms with Gasteiger partial charge < -0.3 is 29.7 Å². The summed E-state index contributed by atoms with van der Waals surface area (Å²) >= 11 is 0. The van der Waals surface area contributed by atoms with Crippen LogP contribution in [0.4, 0.5) is 25.1 Å². The van der Waals surface area contributed by atoms with Gasteiger partial charge in [0.25, 0.3) is 11.8 Å². The first-order valence-electron chi connectivity index (χ1n) is 14.9. The lowest BCUT2D eigenvalue weighted by molar-refractivity contribution is -0.118. The van der Waals surface area contributed by atoms with Crippen LogP contribution in [0.2, 0.25) is 0 Å². The molecule has 15 heteroatoms. The van der Waals surface area contributed by atoms with Gasteiger partial charge in [0.1, 0.15) is 25.6 Å². The molecule has 2 aromatic carbocycles. The molecule has 1 aromatic heterocycles. The van der Waals surface area contributed by atoms with Crippen molar-refractivity contribution in [1.82, 2.24) is 9.88 Å². The van der Waals surface area contributed by atoms with Crippen LogP contribution >= 0.6 is 0 Å². The third-order valence-corrected chi connectivity index (χ3v) is 9.60. The van der Waals surface area contributed by atoms with Crippen molar-refractivity contribution in [2.24, 2.45) is 4.36 Å². The molecule has 1 unspecified atom stereocenters. The fourth-order valence-corrected chi connectivity index (χ4v) is 6.66. The van der Waals surface area contributed by atoms with Crippen LogP contribution in [-0.4, -0.2) is 89.2 Å². The Morgan fingerprint density at radius 3 is 2.60 bits per heavy atom. The van der Waals surface area contributed by atoms with Crippen molar-refractivity contribution < 1.29 is 42.0 Å². The van der Waals surface area contributed by atoms with Gasteiger partial charge in [0, 0.05) is 61.6 Å². The minimum Gasteiger partial charge on any atom is -0.486 e. The number of ether oxygens (including phenoxy) is 2. The Morgan fingerprint density at radius 2 is 1.85 bits per heavy atom. The molecule has 0 radical (unpaired) electrons. The van der Waals surface area contributed by atoms with Crippen LogP contribution < -0.4 is 19.7 Å². The van der Waals surface area contributed by atoms with Gasteiger partial charge in [0.05, 0.1) is 15.3 Å². The van der Waals surface area contributed by atoms with Gasteiger partial charge in [-0.3, -0.25) is 9.59 Å². The zero-order valence-corrected chi connectivity index (χ0v) is 26.9. The minimum absolute atomic E-state index is 0.00305. The Morgan fingerprint density at radius 1 is 1.11 bits per heavy atom. The number of carbonyl (C=O) groups excluding carboxylic acids is 2. The number of benzene rings is 2. The Hall–Kier alpha value is -4.79. The zero-order valence-electron chi connectivity index (χ0n) is 26.1. The van der Waals surface area contributed by atoms with Gasteiger partial charge in [0.15, 0.2) is 11.5 Å². The maximum Gasteiger partial charge on any atom is 0.407 e. The van der Waals surface area contributed by atoms with Crippen molar-refractivity contribution in [2.75, 3.05) is 56.4 Å². The van der Waals surface area contributed by atoms with Gasteiger partial charge in [-0.05, 0) is 54.8 Å². The van der Waals surface area contributed by atoms with E-state index < -0.39 is 40.1 Å². The maximum absolute atomic E-state index is 14.3. The summed E-state index contributed by atoms with van der Waals surface area (Å²) in [5.41, 5.74) is 2.32. The molecular weight excluding hydrogens is 636 g/mol. The van der Waals surface area contributed by atoms with E-state index in [0.717, 1.165) is 10.5 Å². The van der Waals surface area contributed by atoms with E-state index in [2.05, 4.69) is 14.7 Å². The molecule has 0 aliphatic carbocycles. The van der Waals surface area contributed by atoms with Crippen LogP contribution in [0.3, 0.4) is 0 Å². The topological polar surface area (TPSA) is 151 Å². The van der Waals surface area contributed by atoms with Crippen molar-refractivity contribution in [3.05, 3.63) is 59.8 Å². The molecule has 2 N–H and O–H groups in total. The molecule has 1 fully saturated rings. The number of hydrogen-bond acceptors (Lipinski definition) is 8. The van der Waals surface area contributed by atoms with Crippen molar-refractivity contribution in [3.63, 3.8) is 0 Å². The quantitative estimate of drug-likeness (QED) is 0.341. The van der Waals surface area contributed by atoms with Crippen molar-refractivity contribution in [3.8, 4) is 22.6 Å². The Labute approximate surface area is 270 Å². The van der Waals surface area contributed by atoms with Crippen molar-refractivity contribution in [1.29, 1.82) is 0 Å². The third-order valence-electron chi connectivity index (χ3n) is 7.92. The normalized spacial score (nSPS) is 16.7. The average molecular weight is 672 g/mol. The number of anilines is 2. The molecule has 0 saturated carbocycles. The summed E-state index contributed by atoms with van der Waals surface area (Å²) in [4.78, 5) is 44.6. The van der Waals surface area contributed by atoms with Gasteiger partial charge >= 0.3 is 6.09 Å². The smallest absolute Gasteiger partial charge is 0.407 e. The lowest BCUT2D eigenvalue weighted by atomic mass is 9.97. The predicted molar refractivity (Wildman–Crippen MR) is 171 cm³/mol. The SMILES string of the molecule is Cc1c(-c2ccc3c(c2)OCCO3)cnc(N2CCCC(F)(F)CC2)c1C(=O)Nc1cccc(S(C)(=O)=NC(=O)CN(C)C(=O)O)c1. The summed E-state index contributed by atoms with van der Waals surface area (Å²) in [7, 11) is -2.12. The van der Waals surface area contributed by atoms with E-state index in [1.54, 1.807) is 36.2 Å². The molecule has 3 amide bonds. The summed E-state index contributed by atoms with van der Waals surface area (Å²) in [6.07, 6.45) is 1.10. The van der Waals surface area contributed by atoms with E-state index in [9.17, 15) is 27.4 Å². The number of nitrogens with zero attached hydrogens (tertiary/aromatic N) is 4. The largest absolute Gasteiger partial charge is 0.486 e. The van der Waals surface area contributed by atoms with Gasteiger partial charge in [-0.15, -0.1) is 0 Å². The number of likely N-dealkylation sites (N-methyl/N-ethyl adjacent to an activating group) is 1. The fourth-order valence-electron chi connectivity index (χ4n) is 5.43. The molecule has 250 valence electrons. The predicted octanol–water partition coefficient (Wildman–Crippen LogP) is 5.30. The number of alkyl halides is 2. The lowest BCUT2D eigenvalue weighted by Crippen LogP contribution is -2.30. The first-order chi connectivity index (χ1) is 22.2. The highest BCUT2D eigenvalue weighted by Crippen LogP contribution is 2.38. The molecule has 3 aromatic rings. The van der Waals surface area contributed by atoms with Gasteiger partial charge in [-0.25, -0.2) is 22.8 Å².